The van der Waals surface area contributed by atoms with Crippen molar-refractivity contribution in [3.63, 3.8) is 0 Å². The number of aromatic hydroxyl groups is 1. The van der Waals surface area contributed by atoms with E-state index in [1.54, 1.807) is 24.0 Å². The van der Waals surface area contributed by atoms with Gasteiger partial charge in [-0.15, -0.1) is 0 Å². The van der Waals surface area contributed by atoms with Crippen molar-refractivity contribution in [3.8, 4) is 11.5 Å². The van der Waals surface area contributed by atoms with Crippen molar-refractivity contribution in [1.29, 1.82) is 0 Å². The van der Waals surface area contributed by atoms with Crippen LogP contribution in [0.15, 0.2) is 49.0 Å². The number of hydrogen-bond acceptors (Lipinski definition) is 8. The van der Waals surface area contributed by atoms with Crippen LogP contribution in [0.4, 0.5) is 0 Å². The molecule has 1 aromatic carbocycles. The molecule has 168 valence electrons. The van der Waals surface area contributed by atoms with Gasteiger partial charge in [0.1, 0.15) is 17.1 Å². The molecule has 0 aliphatic carbocycles. The summed E-state index contributed by atoms with van der Waals surface area (Å²) in [5.41, 5.74) is -0.628. The van der Waals surface area contributed by atoms with E-state index in [0.717, 1.165) is 6.07 Å². The van der Waals surface area contributed by atoms with Gasteiger partial charge in [0.05, 0.1) is 37.9 Å². The van der Waals surface area contributed by atoms with Crippen LogP contribution in [0.1, 0.15) is 29.4 Å². The van der Waals surface area contributed by atoms with Crippen LogP contribution >= 0.6 is 0 Å². The molecule has 9 heteroatoms. The largest absolute Gasteiger partial charge is 0.502 e. The second-order valence-corrected chi connectivity index (χ2v) is 7.57. The Balaban J connectivity index is 1.86. The first-order valence-electron chi connectivity index (χ1n) is 10.2. The lowest BCUT2D eigenvalue weighted by molar-refractivity contribution is -0.135. The smallest absolute Gasteiger partial charge is 0.227 e. The van der Waals surface area contributed by atoms with Crippen molar-refractivity contribution in [1.82, 2.24) is 4.90 Å². The number of hydrogen-bond donors (Lipinski definition) is 1. The molecule has 0 radical (unpaired) electrons. The normalized spacial score (nSPS) is 15.0. The lowest BCUT2D eigenvalue weighted by atomic mass is 9.91. The Kier molecular flexibility index (Phi) is 6.00. The highest BCUT2D eigenvalue weighted by molar-refractivity contribution is 5.80. The average molecular weight is 441 g/mol. The first kappa shape index (κ1) is 21.6. The molecule has 2 aromatic heterocycles. The van der Waals surface area contributed by atoms with E-state index in [4.69, 9.17) is 18.3 Å². The molecule has 1 aliphatic rings. The maximum absolute atomic E-state index is 13.4. The third-order valence-corrected chi connectivity index (χ3v) is 5.51. The van der Waals surface area contributed by atoms with Crippen molar-refractivity contribution >= 4 is 16.9 Å². The van der Waals surface area contributed by atoms with Gasteiger partial charge in [0.25, 0.3) is 0 Å². The van der Waals surface area contributed by atoms with Crippen LogP contribution < -0.4 is 15.6 Å². The summed E-state index contributed by atoms with van der Waals surface area (Å²) >= 11 is 0. The second kappa shape index (κ2) is 8.88. The quantitative estimate of drug-likeness (QED) is 0.640. The van der Waals surface area contributed by atoms with Crippen LogP contribution in [0.3, 0.4) is 0 Å². The minimum absolute atomic E-state index is 0.0939. The lowest BCUT2D eigenvalue weighted by Crippen LogP contribution is -2.41. The zero-order valence-electron chi connectivity index (χ0n) is 17.8. The molecule has 0 saturated carbocycles. The van der Waals surface area contributed by atoms with Crippen LogP contribution in [0.5, 0.6) is 11.5 Å². The molecular weight excluding hydrogens is 418 g/mol. The summed E-state index contributed by atoms with van der Waals surface area (Å²) in [6, 6.07) is 5.96. The van der Waals surface area contributed by atoms with E-state index in [-0.39, 0.29) is 34.8 Å². The molecule has 1 amide bonds. The van der Waals surface area contributed by atoms with Gasteiger partial charge in [-0.1, -0.05) is 0 Å². The molecular formula is C23H23NO8. The van der Waals surface area contributed by atoms with Gasteiger partial charge in [-0.3, -0.25) is 14.4 Å². The summed E-state index contributed by atoms with van der Waals surface area (Å²) in [5, 5.41) is 10.7. The fourth-order valence-corrected chi connectivity index (χ4v) is 3.81. The molecule has 3 heterocycles. The standard InChI is InChI=1S/C23H23NO8/c1-13-9-18(25)22(28)23(32-13)15(11-20(26)24-5-7-30-8-6-24)17-12-31-19-4-3-14(29-2)10-16(19)21(17)27/h3-4,9-10,12,15,28H,5-8,11H2,1-2H3. The second-order valence-electron chi connectivity index (χ2n) is 7.57. The summed E-state index contributed by atoms with van der Waals surface area (Å²) in [6.45, 7) is 3.22. The summed E-state index contributed by atoms with van der Waals surface area (Å²) in [5.74, 6) is -1.35. The van der Waals surface area contributed by atoms with E-state index in [2.05, 4.69) is 0 Å². The number of methoxy groups -OCH3 is 1. The van der Waals surface area contributed by atoms with Crippen LogP contribution in [0, 0.1) is 6.92 Å². The van der Waals surface area contributed by atoms with E-state index < -0.39 is 22.5 Å². The van der Waals surface area contributed by atoms with Gasteiger partial charge in [0.15, 0.2) is 11.2 Å². The maximum atomic E-state index is 13.4. The van der Waals surface area contributed by atoms with Gasteiger partial charge in [-0.05, 0) is 25.1 Å². The Bertz CT molecular complexity index is 1270. The fourth-order valence-electron chi connectivity index (χ4n) is 3.81. The van der Waals surface area contributed by atoms with Gasteiger partial charge in [0.2, 0.25) is 17.1 Å². The number of carbonyl (C=O) groups excluding carboxylic acids is 1. The molecule has 3 aromatic rings. The fraction of sp³-hybridized carbons (Fsp3) is 0.348. The molecule has 0 bridgehead atoms. The molecule has 1 N–H and O–H groups in total. The highest BCUT2D eigenvalue weighted by atomic mass is 16.5. The average Bonchev–Trinajstić information content (AvgIpc) is 2.81. The van der Waals surface area contributed by atoms with Crippen LogP contribution in [0.25, 0.3) is 11.0 Å². The zero-order chi connectivity index (χ0) is 22.8. The highest BCUT2D eigenvalue weighted by Crippen LogP contribution is 2.33. The van der Waals surface area contributed by atoms with Crippen LogP contribution in [-0.4, -0.2) is 49.3 Å². The Labute approximate surface area is 182 Å². The van der Waals surface area contributed by atoms with Gasteiger partial charge >= 0.3 is 0 Å². The van der Waals surface area contributed by atoms with E-state index in [9.17, 15) is 19.5 Å². The van der Waals surface area contributed by atoms with E-state index in [1.807, 2.05) is 0 Å². The molecule has 1 saturated heterocycles. The topological polar surface area (TPSA) is 119 Å². The lowest BCUT2D eigenvalue weighted by Gasteiger charge is -2.28. The number of fused-ring (bicyclic) bond motifs is 1. The van der Waals surface area contributed by atoms with Crippen LogP contribution in [-0.2, 0) is 9.53 Å². The van der Waals surface area contributed by atoms with E-state index in [1.165, 1.54) is 19.4 Å². The summed E-state index contributed by atoms with van der Waals surface area (Å²) < 4.78 is 21.8. The number of amides is 1. The summed E-state index contributed by atoms with van der Waals surface area (Å²) in [7, 11) is 1.48. The third kappa shape index (κ3) is 4.11. The predicted molar refractivity (Wildman–Crippen MR) is 114 cm³/mol. The Hall–Kier alpha value is -3.59. The van der Waals surface area contributed by atoms with Crippen molar-refractivity contribution in [3.05, 3.63) is 68.1 Å². The number of rotatable bonds is 5. The van der Waals surface area contributed by atoms with Crippen molar-refractivity contribution in [2.24, 2.45) is 0 Å². The molecule has 1 atom stereocenters. The maximum Gasteiger partial charge on any atom is 0.227 e. The summed E-state index contributed by atoms with van der Waals surface area (Å²) in [6.07, 6.45) is 1.05. The van der Waals surface area contributed by atoms with E-state index >= 15 is 0 Å². The molecule has 9 nitrogen and oxygen atoms in total. The number of benzene rings is 1. The number of nitrogens with zero attached hydrogens (tertiary/aromatic N) is 1. The number of aryl methyl sites for hydroxylation is 1. The molecule has 4 rings (SSSR count). The molecule has 1 unspecified atom stereocenters. The Morgan fingerprint density at radius 3 is 2.69 bits per heavy atom. The predicted octanol–water partition coefficient (Wildman–Crippen LogP) is 2.15. The zero-order valence-corrected chi connectivity index (χ0v) is 17.8. The first-order chi connectivity index (χ1) is 15.4. The van der Waals surface area contributed by atoms with Crippen molar-refractivity contribution < 1.29 is 28.2 Å². The van der Waals surface area contributed by atoms with E-state index in [0.29, 0.717) is 37.6 Å². The first-order valence-corrected chi connectivity index (χ1v) is 10.2. The van der Waals surface area contributed by atoms with Crippen LogP contribution in [0.2, 0.25) is 0 Å². The third-order valence-electron chi connectivity index (χ3n) is 5.51. The van der Waals surface area contributed by atoms with Gasteiger partial charge in [-0.2, -0.15) is 0 Å². The highest BCUT2D eigenvalue weighted by Gasteiger charge is 2.31. The molecule has 0 spiro atoms. The monoisotopic (exact) mass is 441 g/mol. The van der Waals surface area contributed by atoms with Gasteiger partial charge in [0, 0.05) is 31.1 Å². The molecule has 32 heavy (non-hydrogen) atoms. The summed E-state index contributed by atoms with van der Waals surface area (Å²) in [4.78, 5) is 40.3. The minimum atomic E-state index is -1.02. The number of carbonyl (C=O) groups is 1. The Morgan fingerprint density at radius 1 is 1.22 bits per heavy atom. The van der Waals surface area contributed by atoms with Gasteiger partial charge in [-0.25, -0.2) is 0 Å². The Morgan fingerprint density at radius 2 is 1.97 bits per heavy atom. The molecule has 1 fully saturated rings. The minimum Gasteiger partial charge on any atom is -0.502 e. The van der Waals surface area contributed by atoms with Gasteiger partial charge < -0.3 is 28.3 Å². The molecule has 1 aliphatic heterocycles. The SMILES string of the molecule is COc1ccc2occ(C(CC(=O)N3CCOCC3)c3oc(C)cc(=O)c3O)c(=O)c2c1. The van der Waals surface area contributed by atoms with Crippen molar-refractivity contribution in [2.75, 3.05) is 33.4 Å². The van der Waals surface area contributed by atoms with Crippen molar-refractivity contribution in [2.45, 2.75) is 19.3 Å². The number of ether oxygens (including phenoxy) is 2. The number of morpholine rings is 1.